The third-order valence-corrected chi connectivity index (χ3v) is 3.60. The van der Waals surface area contributed by atoms with Gasteiger partial charge in [-0.05, 0) is 36.4 Å². The van der Waals surface area contributed by atoms with Gasteiger partial charge in [-0.2, -0.15) is 0 Å². The molecule has 96 valence electrons. The van der Waals surface area contributed by atoms with Gasteiger partial charge in [-0.25, -0.2) is 4.98 Å². The van der Waals surface area contributed by atoms with Crippen LogP contribution >= 0.6 is 23.2 Å². The van der Waals surface area contributed by atoms with E-state index >= 15 is 0 Å². The van der Waals surface area contributed by atoms with E-state index in [4.69, 9.17) is 23.2 Å². The van der Waals surface area contributed by atoms with Gasteiger partial charge in [0, 0.05) is 17.6 Å². The highest BCUT2D eigenvalue weighted by atomic mass is 35.5. The summed E-state index contributed by atoms with van der Waals surface area (Å²) < 4.78 is 1.92. The Kier molecular flexibility index (Phi) is 2.88. The number of phenols is 1. The lowest BCUT2D eigenvalue weighted by Crippen LogP contribution is -1.93. The van der Waals surface area contributed by atoms with Crippen LogP contribution in [0.25, 0.3) is 22.4 Å². The molecular weight excluding hydrogens is 283 g/mol. The normalized spacial score (nSPS) is 11.1. The van der Waals surface area contributed by atoms with Crippen molar-refractivity contribution in [3.63, 3.8) is 0 Å². The molecule has 3 aromatic rings. The first kappa shape index (κ1) is 12.3. The van der Waals surface area contributed by atoms with E-state index in [-0.39, 0.29) is 5.75 Å². The number of hydrogen-bond acceptors (Lipinski definition) is 2. The average Bonchev–Trinajstić information content (AvgIpc) is 2.69. The molecule has 0 amide bonds. The Morgan fingerprint density at radius 2 is 1.89 bits per heavy atom. The van der Waals surface area contributed by atoms with Crippen molar-refractivity contribution in [1.29, 1.82) is 0 Å². The number of aromatic hydroxyl groups is 1. The van der Waals surface area contributed by atoms with Gasteiger partial charge < -0.3 is 9.67 Å². The first-order valence-corrected chi connectivity index (χ1v) is 6.43. The number of imidazole rings is 1. The van der Waals surface area contributed by atoms with Crippen LogP contribution < -0.4 is 0 Å². The van der Waals surface area contributed by atoms with Crippen LogP contribution in [0.4, 0.5) is 0 Å². The fourth-order valence-electron chi connectivity index (χ4n) is 2.10. The van der Waals surface area contributed by atoms with Gasteiger partial charge in [-0.15, -0.1) is 0 Å². The summed E-state index contributed by atoms with van der Waals surface area (Å²) in [4.78, 5) is 4.53. The molecule has 0 aliphatic heterocycles. The Bertz CT molecular complexity index is 780. The number of hydrogen-bond donors (Lipinski definition) is 1. The topological polar surface area (TPSA) is 38.0 Å². The van der Waals surface area contributed by atoms with Gasteiger partial charge in [-0.3, -0.25) is 0 Å². The quantitative estimate of drug-likeness (QED) is 0.728. The van der Waals surface area contributed by atoms with Crippen LogP contribution in [0, 0.1) is 0 Å². The summed E-state index contributed by atoms with van der Waals surface area (Å²) in [6, 6.07) is 10.3. The second-order valence-corrected chi connectivity index (χ2v) is 5.14. The Morgan fingerprint density at radius 3 is 2.68 bits per heavy atom. The van der Waals surface area contributed by atoms with Crippen LogP contribution in [-0.2, 0) is 7.05 Å². The van der Waals surface area contributed by atoms with Gasteiger partial charge >= 0.3 is 0 Å². The second kappa shape index (κ2) is 4.44. The molecule has 0 spiro atoms. The summed E-state index contributed by atoms with van der Waals surface area (Å²) in [5, 5.41) is 10.8. The Balaban J connectivity index is 2.30. The van der Waals surface area contributed by atoms with E-state index in [1.807, 2.05) is 23.7 Å². The Hall–Kier alpha value is -1.71. The maximum absolute atomic E-state index is 9.59. The monoisotopic (exact) mass is 292 g/mol. The van der Waals surface area contributed by atoms with E-state index in [0.29, 0.717) is 21.4 Å². The molecule has 5 heteroatoms. The SMILES string of the molecule is Cn1c(-c2cc(O)ccc2Cl)nc2cc(Cl)ccc21. The molecule has 0 radical (unpaired) electrons. The van der Waals surface area contributed by atoms with E-state index < -0.39 is 0 Å². The predicted molar refractivity (Wildman–Crippen MR) is 77.8 cm³/mol. The zero-order valence-electron chi connectivity index (χ0n) is 10.1. The molecule has 0 fully saturated rings. The number of halogens is 2. The van der Waals surface area contributed by atoms with Gasteiger partial charge in [0.15, 0.2) is 0 Å². The molecule has 1 N–H and O–H groups in total. The molecule has 0 saturated carbocycles. The number of aryl methyl sites for hydroxylation is 1. The molecular formula is C14H10Cl2N2O. The van der Waals surface area contributed by atoms with Crippen LogP contribution in [0.15, 0.2) is 36.4 Å². The molecule has 1 heterocycles. The minimum atomic E-state index is 0.157. The number of phenolic OH excluding ortho intramolecular Hbond substituents is 1. The number of rotatable bonds is 1. The second-order valence-electron chi connectivity index (χ2n) is 4.29. The van der Waals surface area contributed by atoms with Crippen LogP contribution in [0.3, 0.4) is 0 Å². The lowest BCUT2D eigenvalue weighted by atomic mass is 10.2. The fourth-order valence-corrected chi connectivity index (χ4v) is 2.47. The highest BCUT2D eigenvalue weighted by Crippen LogP contribution is 2.32. The van der Waals surface area contributed by atoms with Crippen molar-refractivity contribution in [2.24, 2.45) is 7.05 Å². The first-order valence-electron chi connectivity index (χ1n) is 5.67. The number of aromatic nitrogens is 2. The van der Waals surface area contributed by atoms with Crippen molar-refractivity contribution in [1.82, 2.24) is 9.55 Å². The summed E-state index contributed by atoms with van der Waals surface area (Å²) in [6.07, 6.45) is 0. The van der Waals surface area contributed by atoms with Crippen molar-refractivity contribution in [2.75, 3.05) is 0 Å². The zero-order chi connectivity index (χ0) is 13.6. The predicted octanol–water partition coefficient (Wildman–Crippen LogP) is 4.25. The third kappa shape index (κ3) is 2.05. The van der Waals surface area contributed by atoms with Crippen LogP contribution in [0.2, 0.25) is 10.0 Å². The molecule has 3 nitrogen and oxygen atoms in total. The van der Waals surface area contributed by atoms with Crippen molar-refractivity contribution < 1.29 is 5.11 Å². The summed E-state index contributed by atoms with van der Waals surface area (Å²) >= 11 is 12.1. The molecule has 0 aliphatic carbocycles. The maximum atomic E-state index is 9.59. The molecule has 0 bridgehead atoms. The molecule has 3 rings (SSSR count). The largest absolute Gasteiger partial charge is 0.508 e. The molecule has 0 aliphatic rings. The molecule has 0 unspecified atom stereocenters. The van der Waals surface area contributed by atoms with E-state index in [1.54, 1.807) is 24.3 Å². The lowest BCUT2D eigenvalue weighted by Gasteiger charge is -2.05. The van der Waals surface area contributed by atoms with Gasteiger partial charge in [-0.1, -0.05) is 23.2 Å². The third-order valence-electron chi connectivity index (χ3n) is 3.03. The van der Waals surface area contributed by atoms with E-state index in [9.17, 15) is 5.11 Å². The lowest BCUT2D eigenvalue weighted by molar-refractivity contribution is 0.475. The smallest absolute Gasteiger partial charge is 0.142 e. The van der Waals surface area contributed by atoms with Gasteiger partial charge in [0.1, 0.15) is 11.6 Å². The average molecular weight is 293 g/mol. The van der Waals surface area contributed by atoms with E-state index in [0.717, 1.165) is 11.0 Å². The molecule has 0 saturated heterocycles. The summed E-state index contributed by atoms with van der Waals surface area (Å²) in [6.45, 7) is 0. The number of nitrogens with zero attached hydrogens (tertiary/aromatic N) is 2. The van der Waals surface area contributed by atoms with Crippen molar-refractivity contribution in [3.8, 4) is 17.1 Å². The zero-order valence-corrected chi connectivity index (χ0v) is 11.6. The first-order chi connectivity index (χ1) is 9.06. The summed E-state index contributed by atoms with van der Waals surface area (Å²) in [7, 11) is 1.90. The van der Waals surface area contributed by atoms with Crippen molar-refractivity contribution in [2.45, 2.75) is 0 Å². The van der Waals surface area contributed by atoms with Gasteiger partial charge in [0.25, 0.3) is 0 Å². The van der Waals surface area contributed by atoms with Crippen molar-refractivity contribution in [3.05, 3.63) is 46.4 Å². The highest BCUT2D eigenvalue weighted by Gasteiger charge is 2.13. The van der Waals surface area contributed by atoms with Gasteiger partial charge in [0.2, 0.25) is 0 Å². The minimum absolute atomic E-state index is 0.157. The maximum Gasteiger partial charge on any atom is 0.142 e. The Morgan fingerprint density at radius 1 is 1.11 bits per heavy atom. The van der Waals surface area contributed by atoms with Crippen molar-refractivity contribution >= 4 is 34.2 Å². The van der Waals surface area contributed by atoms with Crippen LogP contribution in [0.5, 0.6) is 5.75 Å². The molecule has 19 heavy (non-hydrogen) atoms. The summed E-state index contributed by atoms with van der Waals surface area (Å²) in [5.74, 6) is 0.850. The fraction of sp³-hybridized carbons (Fsp3) is 0.0714. The van der Waals surface area contributed by atoms with Crippen LogP contribution in [0.1, 0.15) is 0 Å². The van der Waals surface area contributed by atoms with Gasteiger partial charge in [0.05, 0.1) is 16.1 Å². The molecule has 0 atom stereocenters. The minimum Gasteiger partial charge on any atom is -0.508 e. The molecule has 2 aromatic carbocycles. The number of benzene rings is 2. The molecule has 1 aromatic heterocycles. The van der Waals surface area contributed by atoms with E-state index in [2.05, 4.69) is 4.98 Å². The van der Waals surface area contributed by atoms with E-state index in [1.165, 1.54) is 0 Å². The number of fused-ring (bicyclic) bond motifs is 1. The standard InChI is InChI=1S/C14H10Cl2N2O/c1-18-13-5-2-8(15)6-12(13)17-14(18)10-7-9(19)3-4-11(10)16/h2-7,19H,1H3. The Labute approximate surface area is 120 Å². The summed E-state index contributed by atoms with van der Waals surface area (Å²) in [5.41, 5.74) is 2.44. The highest BCUT2D eigenvalue weighted by molar-refractivity contribution is 6.33. The van der Waals surface area contributed by atoms with Crippen LogP contribution in [-0.4, -0.2) is 14.7 Å².